The first-order chi connectivity index (χ1) is 14.2. The normalized spacial score (nSPS) is 13.8. The molecule has 29 heavy (non-hydrogen) atoms. The molecule has 1 fully saturated rings. The minimum Gasteiger partial charge on any atom is -0.494 e. The molecule has 2 heterocycles. The number of benzene rings is 2. The average Bonchev–Trinajstić information content (AvgIpc) is 3.19. The maximum absolute atomic E-state index is 12.4. The Hall–Kier alpha value is -3.35. The fourth-order valence-electron chi connectivity index (χ4n) is 3.16. The third-order valence-corrected chi connectivity index (χ3v) is 4.98. The molecular weight excluding hydrogens is 366 g/mol. The van der Waals surface area contributed by atoms with Gasteiger partial charge in [0, 0.05) is 24.3 Å². The summed E-state index contributed by atoms with van der Waals surface area (Å²) >= 11 is 0. The first-order valence-corrected chi connectivity index (χ1v) is 9.99. The number of ether oxygens (including phenoxy) is 1. The molecule has 2 amide bonds. The largest absolute Gasteiger partial charge is 0.494 e. The van der Waals surface area contributed by atoms with Gasteiger partial charge < -0.3 is 15.0 Å². The summed E-state index contributed by atoms with van der Waals surface area (Å²) in [5, 5.41) is 11.4. The van der Waals surface area contributed by atoms with Gasteiger partial charge in [-0.15, -0.1) is 5.10 Å². The molecule has 0 radical (unpaired) electrons. The van der Waals surface area contributed by atoms with Crippen LogP contribution in [0.1, 0.15) is 25.8 Å². The van der Waals surface area contributed by atoms with Gasteiger partial charge in [-0.1, -0.05) is 48.9 Å². The summed E-state index contributed by atoms with van der Waals surface area (Å²) in [6.07, 6.45) is 4.08. The molecule has 1 aliphatic heterocycles. The van der Waals surface area contributed by atoms with Crippen LogP contribution in [0.4, 0.5) is 10.5 Å². The van der Waals surface area contributed by atoms with E-state index in [4.69, 9.17) is 4.74 Å². The summed E-state index contributed by atoms with van der Waals surface area (Å²) in [6, 6.07) is 17.5. The molecule has 0 atom stereocenters. The molecule has 0 bridgehead atoms. The maximum Gasteiger partial charge on any atom is 0.321 e. The number of carbonyl (C=O) groups excluding carboxylic acids is 1. The third-order valence-electron chi connectivity index (χ3n) is 4.98. The Morgan fingerprint density at radius 2 is 1.90 bits per heavy atom. The van der Waals surface area contributed by atoms with Crippen molar-refractivity contribution in [1.82, 2.24) is 19.9 Å². The van der Waals surface area contributed by atoms with Crippen molar-refractivity contribution in [2.24, 2.45) is 0 Å². The molecule has 1 N–H and O–H groups in total. The van der Waals surface area contributed by atoms with Crippen molar-refractivity contribution in [3.63, 3.8) is 0 Å². The number of hydrogen-bond donors (Lipinski definition) is 1. The number of unbranched alkanes of at least 4 members (excludes halogenated alkanes) is 1. The number of nitrogens with one attached hydrogen (secondary N) is 1. The molecule has 0 aliphatic carbocycles. The van der Waals surface area contributed by atoms with Crippen molar-refractivity contribution < 1.29 is 9.53 Å². The summed E-state index contributed by atoms with van der Waals surface area (Å²) in [5.74, 6) is 0.820. The van der Waals surface area contributed by atoms with Crippen molar-refractivity contribution in [2.45, 2.75) is 25.8 Å². The molecular formula is C22H25N5O2. The Bertz CT molecular complexity index is 933. The number of likely N-dealkylation sites (tertiary alicyclic amines) is 1. The lowest BCUT2D eigenvalue weighted by molar-refractivity contribution is 0.127. The lowest BCUT2D eigenvalue weighted by Gasteiger charge is -2.38. The van der Waals surface area contributed by atoms with Crippen LogP contribution in [0, 0.1) is 0 Å². The maximum atomic E-state index is 12.4. The van der Waals surface area contributed by atoms with E-state index in [1.165, 1.54) is 0 Å². The van der Waals surface area contributed by atoms with E-state index in [1.807, 2.05) is 65.5 Å². The fraction of sp³-hybridized carbons (Fsp3) is 0.318. The van der Waals surface area contributed by atoms with Gasteiger partial charge in [-0.3, -0.25) is 0 Å². The van der Waals surface area contributed by atoms with E-state index in [-0.39, 0.29) is 12.1 Å². The van der Waals surface area contributed by atoms with Gasteiger partial charge in [0.1, 0.15) is 11.4 Å². The summed E-state index contributed by atoms with van der Waals surface area (Å²) < 4.78 is 7.49. The standard InChI is InChI=1S/C22H25N5O2/c1-2-3-13-29-20-11-9-18(10-12-20)23-22(28)26-14-19(15-26)27-16-21(24-25-27)17-7-5-4-6-8-17/h4-12,16,19H,2-3,13-15H2,1H3,(H,23,28). The molecule has 1 aromatic heterocycles. The van der Waals surface area contributed by atoms with E-state index in [0.29, 0.717) is 19.7 Å². The molecule has 3 aromatic rings. The SMILES string of the molecule is CCCCOc1ccc(NC(=O)N2CC(n3cc(-c4ccccc4)nn3)C2)cc1. The number of hydrogen-bond acceptors (Lipinski definition) is 4. The van der Waals surface area contributed by atoms with E-state index in [2.05, 4.69) is 22.6 Å². The van der Waals surface area contributed by atoms with Crippen LogP contribution in [0.2, 0.25) is 0 Å². The minimum atomic E-state index is -0.107. The highest BCUT2D eigenvalue weighted by Crippen LogP contribution is 2.24. The van der Waals surface area contributed by atoms with Crippen molar-refractivity contribution in [3.05, 3.63) is 60.8 Å². The Morgan fingerprint density at radius 3 is 2.62 bits per heavy atom. The molecule has 7 nitrogen and oxygen atoms in total. The predicted molar refractivity (Wildman–Crippen MR) is 112 cm³/mol. The van der Waals surface area contributed by atoms with Crippen molar-refractivity contribution >= 4 is 11.7 Å². The summed E-state index contributed by atoms with van der Waals surface area (Å²) in [5.41, 5.74) is 2.64. The van der Waals surface area contributed by atoms with Gasteiger partial charge in [0.25, 0.3) is 0 Å². The van der Waals surface area contributed by atoms with Gasteiger partial charge in [-0.2, -0.15) is 0 Å². The van der Waals surface area contributed by atoms with Gasteiger partial charge in [0.05, 0.1) is 18.8 Å². The van der Waals surface area contributed by atoms with Crippen LogP contribution in [-0.2, 0) is 0 Å². The van der Waals surface area contributed by atoms with Crippen LogP contribution in [-0.4, -0.2) is 45.6 Å². The monoisotopic (exact) mass is 391 g/mol. The average molecular weight is 391 g/mol. The second-order valence-electron chi connectivity index (χ2n) is 7.17. The van der Waals surface area contributed by atoms with E-state index in [9.17, 15) is 4.79 Å². The zero-order valence-electron chi connectivity index (χ0n) is 16.5. The third kappa shape index (κ3) is 4.56. The first kappa shape index (κ1) is 19.0. The van der Waals surface area contributed by atoms with E-state index >= 15 is 0 Å². The van der Waals surface area contributed by atoms with E-state index in [1.54, 1.807) is 4.90 Å². The number of anilines is 1. The Kier molecular flexibility index (Phi) is 5.74. The fourth-order valence-corrected chi connectivity index (χ4v) is 3.16. The van der Waals surface area contributed by atoms with E-state index < -0.39 is 0 Å². The Labute approximate surface area is 170 Å². The van der Waals surface area contributed by atoms with Crippen LogP contribution in [0.15, 0.2) is 60.8 Å². The second-order valence-corrected chi connectivity index (χ2v) is 7.17. The Balaban J connectivity index is 1.27. The number of aromatic nitrogens is 3. The molecule has 150 valence electrons. The number of nitrogens with zero attached hydrogens (tertiary/aromatic N) is 4. The minimum absolute atomic E-state index is 0.107. The number of amides is 2. The highest BCUT2D eigenvalue weighted by molar-refractivity contribution is 5.89. The van der Waals surface area contributed by atoms with Gasteiger partial charge in [0.2, 0.25) is 0 Å². The smallest absolute Gasteiger partial charge is 0.321 e. The molecule has 0 saturated carbocycles. The number of rotatable bonds is 7. The second kappa shape index (κ2) is 8.77. The molecule has 0 unspecified atom stereocenters. The van der Waals surface area contributed by atoms with Crippen LogP contribution in [0.5, 0.6) is 5.75 Å². The van der Waals surface area contributed by atoms with Crippen molar-refractivity contribution in [2.75, 3.05) is 25.0 Å². The van der Waals surface area contributed by atoms with Gasteiger partial charge in [-0.25, -0.2) is 9.48 Å². The molecule has 1 aliphatic rings. The molecule has 0 spiro atoms. The zero-order chi connectivity index (χ0) is 20.1. The molecule has 7 heteroatoms. The molecule has 1 saturated heterocycles. The first-order valence-electron chi connectivity index (χ1n) is 9.99. The summed E-state index contributed by atoms with van der Waals surface area (Å²) in [7, 11) is 0. The lowest BCUT2D eigenvalue weighted by Crippen LogP contribution is -2.52. The van der Waals surface area contributed by atoms with Crippen LogP contribution in [0.3, 0.4) is 0 Å². The molecule has 2 aromatic carbocycles. The number of carbonyl (C=O) groups is 1. The molecule has 4 rings (SSSR count). The van der Waals surface area contributed by atoms with Crippen LogP contribution < -0.4 is 10.1 Å². The quantitative estimate of drug-likeness (QED) is 0.612. The van der Waals surface area contributed by atoms with Crippen LogP contribution in [0.25, 0.3) is 11.3 Å². The summed E-state index contributed by atoms with van der Waals surface area (Å²) in [6.45, 7) is 4.07. The van der Waals surface area contributed by atoms with Gasteiger partial charge in [0.15, 0.2) is 0 Å². The highest BCUT2D eigenvalue weighted by Gasteiger charge is 2.33. The van der Waals surface area contributed by atoms with Crippen molar-refractivity contribution in [1.29, 1.82) is 0 Å². The Morgan fingerprint density at radius 1 is 1.14 bits per heavy atom. The van der Waals surface area contributed by atoms with Gasteiger partial charge in [-0.05, 0) is 30.7 Å². The summed E-state index contributed by atoms with van der Waals surface area (Å²) in [4.78, 5) is 14.2. The predicted octanol–water partition coefficient (Wildman–Crippen LogP) is 4.21. The van der Waals surface area contributed by atoms with Gasteiger partial charge >= 0.3 is 6.03 Å². The van der Waals surface area contributed by atoms with Crippen LogP contribution >= 0.6 is 0 Å². The lowest BCUT2D eigenvalue weighted by atomic mass is 10.1. The number of urea groups is 1. The van der Waals surface area contributed by atoms with Crippen molar-refractivity contribution in [3.8, 4) is 17.0 Å². The van der Waals surface area contributed by atoms with E-state index in [0.717, 1.165) is 35.5 Å². The zero-order valence-corrected chi connectivity index (χ0v) is 16.5. The topological polar surface area (TPSA) is 72.3 Å². The highest BCUT2D eigenvalue weighted by atomic mass is 16.5.